The summed E-state index contributed by atoms with van der Waals surface area (Å²) in [7, 11) is 3.79. The average Bonchev–Trinajstić information content (AvgIpc) is 3.48. The molecule has 0 unspecified atom stereocenters. The monoisotopic (exact) mass is 523 g/mol. The maximum atomic E-state index is 13.7. The molecule has 194 valence electrons. The number of rotatable bonds is 6. The van der Waals surface area contributed by atoms with E-state index in [2.05, 4.69) is 16.9 Å². The average molecular weight is 524 g/mol. The maximum Gasteiger partial charge on any atom is 0.338 e. The molecule has 0 radical (unpaired) electrons. The van der Waals surface area contributed by atoms with Gasteiger partial charge >= 0.3 is 5.97 Å². The fourth-order valence-electron chi connectivity index (χ4n) is 4.72. The van der Waals surface area contributed by atoms with Crippen LogP contribution in [0.5, 0.6) is 5.75 Å². The van der Waals surface area contributed by atoms with Crippen molar-refractivity contribution < 1.29 is 23.6 Å². The third-order valence-electron chi connectivity index (χ3n) is 6.76. The van der Waals surface area contributed by atoms with Crippen LogP contribution in [0.3, 0.4) is 0 Å². The molecule has 1 fully saturated rings. The van der Waals surface area contributed by atoms with Crippen molar-refractivity contribution in [1.29, 1.82) is 0 Å². The van der Waals surface area contributed by atoms with E-state index in [1.807, 2.05) is 36.4 Å². The van der Waals surface area contributed by atoms with Gasteiger partial charge in [-0.2, -0.15) is 0 Å². The topological polar surface area (TPSA) is 90.7 Å². The summed E-state index contributed by atoms with van der Waals surface area (Å²) in [6.45, 7) is 7.73. The van der Waals surface area contributed by atoms with E-state index in [0.29, 0.717) is 32.1 Å². The molecule has 10 heteroatoms. The SMILES string of the molecule is CCOC(=O)C1=C(C)N=c2s/c(=C/c3ccc(N4CC[NH+](C)CC4)o3)c(=O)n2[C@H]1c1ccc(OC)cc1. The number of furan rings is 1. The van der Waals surface area contributed by atoms with Gasteiger partial charge < -0.3 is 23.7 Å². The molecule has 0 aliphatic carbocycles. The molecule has 1 atom stereocenters. The van der Waals surface area contributed by atoms with Crippen molar-refractivity contribution in [3.05, 3.63) is 78.7 Å². The molecule has 1 saturated heterocycles. The van der Waals surface area contributed by atoms with Gasteiger partial charge in [-0.15, -0.1) is 0 Å². The second-order valence-corrected chi connectivity index (χ2v) is 10.2. The van der Waals surface area contributed by atoms with Crippen molar-refractivity contribution in [3.63, 3.8) is 0 Å². The van der Waals surface area contributed by atoms with Crippen LogP contribution in [0.1, 0.15) is 31.2 Å². The number of carbonyl (C=O) groups is 1. The summed E-state index contributed by atoms with van der Waals surface area (Å²) in [6.07, 6.45) is 1.75. The number of quaternary nitrogens is 1. The van der Waals surface area contributed by atoms with Crippen molar-refractivity contribution in [2.75, 3.05) is 51.8 Å². The number of anilines is 1. The van der Waals surface area contributed by atoms with Crippen LogP contribution in [0.4, 0.5) is 5.88 Å². The van der Waals surface area contributed by atoms with Crippen LogP contribution in [0, 0.1) is 0 Å². The zero-order chi connectivity index (χ0) is 26.1. The predicted octanol–water partition coefficient (Wildman–Crippen LogP) is 0.735. The number of thiazole rings is 1. The van der Waals surface area contributed by atoms with Gasteiger partial charge in [0.1, 0.15) is 11.5 Å². The number of esters is 1. The summed E-state index contributed by atoms with van der Waals surface area (Å²) < 4.78 is 18.8. The second kappa shape index (κ2) is 10.4. The maximum absolute atomic E-state index is 13.7. The number of hydrogen-bond acceptors (Lipinski definition) is 8. The summed E-state index contributed by atoms with van der Waals surface area (Å²) >= 11 is 1.28. The van der Waals surface area contributed by atoms with Crippen molar-refractivity contribution in [1.82, 2.24) is 4.57 Å². The van der Waals surface area contributed by atoms with Gasteiger partial charge in [0.25, 0.3) is 5.56 Å². The molecule has 0 amide bonds. The molecule has 0 bridgehead atoms. The Labute approximate surface area is 218 Å². The van der Waals surface area contributed by atoms with E-state index in [9.17, 15) is 9.59 Å². The fourth-order valence-corrected chi connectivity index (χ4v) is 5.75. The summed E-state index contributed by atoms with van der Waals surface area (Å²) in [5.74, 6) is 1.62. The zero-order valence-electron chi connectivity index (χ0n) is 21.4. The number of nitrogens with zero attached hydrogens (tertiary/aromatic N) is 3. The fraction of sp³-hybridized carbons (Fsp3) is 0.370. The van der Waals surface area contributed by atoms with Crippen molar-refractivity contribution in [2.24, 2.45) is 4.99 Å². The van der Waals surface area contributed by atoms with Gasteiger partial charge in [0.15, 0.2) is 10.7 Å². The van der Waals surface area contributed by atoms with Gasteiger partial charge in [-0.25, -0.2) is 9.79 Å². The van der Waals surface area contributed by atoms with E-state index in [4.69, 9.17) is 13.9 Å². The Kier molecular flexibility index (Phi) is 7.03. The quantitative estimate of drug-likeness (QED) is 0.480. The molecule has 2 aliphatic heterocycles. The van der Waals surface area contributed by atoms with Crippen LogP contribution >= 0.6 is 11.3 Å². The lowest BCUT2D eigenvalue weighted by Crippen LogP contribution is -3.12. The van der Waals surface area contributed by atoms with E-state index in [1.54, 1.807) is 31.6 Å². The first-order chi connectivity index (χ1) is 17.9. The minimum absolute atomic E-state index is 0.227. The molecule has 2 aromatic heterocycles. The van der Waals surface area contributed by atoms with E-state index >= 15 is 0 Å². The molecule has 4 heterocycles. The summed E-state index contributed by atoms with van der Waals surface area (Å²) in [4.78, 5) is 35.6. The van der Waals surface area contributed by atoms with Crippen LogP contribution < -0.4 is 29.4 Å². The van der Waals surface area contributed by atoms with Gasteiger partial charge in [-0.05, 0) is 37.6 Å². The van der Waals surface area contributed by atoms with Gasteiger partial charge in [0.2, 0.25) is 0 Å². The third-order valence-corrected chi connectivity index (χ3v) is 7.75. The number of hydrogen-bond donors (Lipinski definition) is 1. The molecule has 0 spiro atoms. The number of carbonyl (C=O) groups excluding carboxylic acids is 1. The number of aromatic nitrogens is 1. The molecule has 0 saturated carbocycles. The van der Waals surface area contributed by atoms with E-state index in [1.165, 1.54) is 16.2 Å². The molecular weight excluding hydrogens is 492 g/mol. The Hall–Kier alpha value is -3.63. The van der Waals surface area contributed by atoms with Crippen LogP contribution in [-0.4, -0.2) is 57.5 Å². The third kappa shape index (κ3) is 4.86. The Morgan fingerprint density at radius 2 is 1.95 bits per heavy atom. The molecule has 5 rings (SSSR count). The number of likely N-dealkylation sites (N-methyl/N-ethyl adjacent to an activating group) is 1. The predicted molar refractivity (Wildman–Crippen MR) is 141 cm³/mol. The molecule has 2 aliphatic rings. The number of nitrogens with one attached hydrogen (secondary N) is 1. The van der Waals surface area contributed by atoms with Crippen LogP contribution in [-0.2, 0) is 9.53 Å². The summed E-state index contributed by atoms with van der Waals surface area (Å²) in [6, 6.07) is 10.5. The highest BCUT2D eigenvalue weighted by atomic mass is 32.1. The van der Waals surface area contributed by atoms with Gasteiger partial charge in [-0.3, -0.25) is 9.36 Å². The van der Waals surface area contributed by atoms with Crippen LogP contribution in [0.25, 0.3) is 6.08 Å². The van der Waals surface area contributed by atoms with Gasteiger partial charge in [0, 0.05) is 12.1 Å². The smallest absolute Gasteiger partial charge is 0.338 e. The molecule has 1 aromatic carbocycles. The Bertz CT molecular complexity index is 1510. The van der Waals surface area contributed by atoms with E-state index in [0.717, 1.165) is 37.6 Å². The number of fused-ring (bicyclic) bond motifs is 1. The molecule has 3 aromatic rings. The first-order valence-corrected chi connectivity index (χ1v) is 13.2. The highest BCUT2D eigenvalue weighted by molar-refractivity contribution is 7.07. The minimum Gasteiger partial charge on any atom is -0.497 e. The lowest BCUT2D eigenvalue weighted by molar-refractivity contribution is -0.880. The number of allylic oxidation sites excluding steroid dienone is 1. The lowest BCUT2D eigenvalue weighted by Gasteiger charge is -2.29. The number of methoxy groups -OCH3 is 1. The molecular formula is C27H31N4O5S+. The number of piperazine rings is 1. The summed E-state index contributed by atoms with van der Waals surface area (Å²) in [5, 5.41) is 0. The molecule has 37 heavy (non-hydrogen) atoms. The zero-order valence-corrected chi connectivity index (χ0v) is 22.3. The second-order valence-electron chi connectivity index (χ2n) is 9.20. The van der Waals surface area contributed by atoms with Crippen LogP contribution in [0.2, 0.25) is 0 Å². The van der Waals surface area contributed by atoms with Crippen molar-refractivity contribution in [3.8, 4) is 5.75 Å². The highest BCUT2D eigenvalue weighted by Gasteiger charge is 2.33. The van der Waals surface area contributed by atoms with Gasteiger partial charge in [-0.1, -0.05) is 23.5 Å². The molecule has 1 N–H and O–H groups in total. The molecule has 9 nitrogen and oxygen atoms in total. The standard InChI is InChI=1S/C27H30N4O5S/c1-5-35-26(33)23-17(2)28-27-31(24(23)18-6-8-19(34-4)9-7-18)25(32)21(37-27)16-20-10-11-22(36-20)30-14-12-29(3)13-15-30/h6-11,16,24H,5,12-15H2,1-4H3/p+1/b21-16+/t24-/m0/s1. The number of benzene rings is 1. The van der Waals surface area contributed by atoms with E-state index in [-0.39, 0.29) is 12.2 Å². The van der Waals surface area contributed by atoms with Gasteiger partial charge in [0.05, 0.1) is 68.8 Å². The Morgan fingerprint density at radius 3 is 2.62 bits per heavy atom. The lowest BCUT2D eigenvalue weighted by atomic mass is 9.96. The Morgan fingerprint density at radius 1 is 1.22 bits per heavy atom. The Balaban J connectivity index is 1.57. The largest absolute Gasteiger partial charge is 0.497 e. The van der Waals surface area contributed by atoms with Crippen molar-refractivity contribution in [2.45, 2.75) is 19.9 Å². The first-order valence-electron chi connectivity index (χ1n) is 12.4. The van der Waals surface area contributed by atoms with E-state index < -0.39 is 12.0 Å². The highest BCUT2D eigenvalue weighted by Crippen LogP contribution is 2.31. The van der Waals surface area contributed by atoms with Crippen molar-refractivity contribution >= 4 is 29.3 Å². The number of ether oxygens (including phenoxy) is 2. The minimum atomic E-state index is -0.664. The normalized spacial score (nSPS) is 18.5. The van der Waals surface area contributed by atoms with Crippen LogP contribution in [0.15, 0.2) is 61.9 Å². The summed E-state index contributed by atoms with van der Waals surface area (Å²) in [5.41, 5.74) is 1.41. The first kappa shape index (κ1) is 25.0.